The van der Waals surface area contributed by atoms with Crippen molar-refractivity contribution >= 4 is 5.91 Å². The summed E-state index contributed by atoms with van der Waals surface area (Å²) in [6.07, 6.45) is 0.483. The molecule has 1 saturated heterocycles. The van der Waals surface area contributed by atoms with Gasteiger partial charge >= 0.3 is 0 Å². The van der Waals surface area contributed by atoms with Crippen molar-refractivity contribution in [1.82, 2.24) is 15.1 Å². The summed E-state index contributed by atoms with van der Waals surface area (Å²) in [5.74, 6) is 0.0900. The first-order chi connectivity index (χ1) is 9.14. The molecule has 0 aromatic rings. The van der Waals surface area contributed by atoms with Gasteiger partial charge in [-0.1, -0.05) is 0 Å². The van der Waals surface area contributed by atoms with Gasteiger partial charge in [0.15, 0.2) is 0 Å². The zero-order valence-electron chi connectivity index (χ0n) is 13.9. The summed E-state index contributed by atoms with van der Waals surface area (Å²) >= 11 is 0. The molecule has 3 N–H and O–H groups in total. The van der Waals surface area contributed by atoms with Gasteiger partial charge in [-0.05, 0) is 41.7 Å². The minimum atomic E-state index is -0.182. The molecule has 3 atom stereocenters. The van der Waals surface area contributed by atoms with E-state index in [1.54, 1.807) is 0 Å². The van der Waals surface area contributed by atoms with Gasteiger partial charge in [-0.3, -0.25) is 14.6 Å². The van der Waals surface area contributed by atoms with Gasteiger partial charge in [0.1, 0.15) is 0 Å². The van der Waals surface area contributed by atoms with Crippen LogP contribution in [0, 0.1) is 0 Å². The van der Waals surface area contributed by atoms with Crippen molar-refractivity contribution in [3.63, 3.8) is 0 Å². The van der Waals surface area contributed by atoms with Crippen molar-refractivity contribution in [2.75, 3.05) is 26.7 Å². The van der Waals surface area contributed by atoms with Crippen LogP contribution < -0.4 is 11.1 Å². The summed E-state index contributed by atoms with van der Waals surface area (Å²) in [6.45, 7) is 12.9. The largest absolute Gasteiger partial charge is 0.351 e. The van der Waals surface area contributed by atoms with Gasteiger partial charge in [0.25, 0.3) is 0 Å². The quantitative estimate of drug-likeness (QED) is 0.795. The molecular weight excluding hydrogens is 252 g/mol. The van der Waals surface area contributed by atoms with Crippen LogP contribution in [0.2, 0.25) is 0 Å². The molecule has 0 spiro atoms. The number of rotatable bonds is 4. The highest BCUT2D eigenvalue weighted by atomic mass is 16.1. The molecular formula is C15H32N4O. The lowest BCUT2D eigenvalue weighted by molar-refractivity contribution is -0.124. The van der Waals surface area contributed by atoms with Crippen molar-refractivity contribution < 1.29 is 4.79 Å². The molecule has 0 radical (unpaired) electrons. The lowest BCUT2D eigenvalue weighted by Crippen LogP contribution is -2.59. The van der Waals surface area contributed by atoms with Crippen LogP contribution in [0.25, 0.3) is 0 Å². The molecule has 3 unspecified atom stereocenters. The number of carbonyl (C=O) groups is 1. The highest BCUT2D eigenvalue weighted by Gasteiger charge is 2.31. The van der Waals surface area contributed by atoms with Gasteiger partial charge in [-0.2, -0.15) is 0 Å². The molecule has 20 heavy (non-hydrogen) atoms. The normalized spacial score (nSPS) is 27.4. The SMILES string of the molecule is CC1CN(C(CN)CC(=O)NC(C)(C)C)CC(C)N1C. The molecule has 1 aliphatic rings. The number of nitrogens with zero attached hydrogens (tertiary/aromatic N) is 2. The summed E-state index contributed by atoms with van der Waals surface area (Å²) in [6, 6.07) is 1.13. The van der Waals surface area contributed by atoms with Crippen LogP contribution in [-0.4, -0.2) is 66.1 Å². The Labute approximate surface area is 123 Å². The lowest BCUT2D eigenvalue weighted by Gasteiger charge is -2.45. The van der Waals surface area contributed by atoms with Crippen molar-refractivity contribution in [1.29, 1.82) is 0 Å². The predicted octanol–water partition coefficient (Wildman–Crippen LogP) is 0.643. The predicted molar refractivity (Wildman–Crippen MR) is 83.6 cm³/mol. The number of hydrogen-bond donors (Lipinski definition) is 2. The average Bonchev–Trinajstić information content (AvgIpc) is 2.30. The fourth-order valence-electron chi connectivity index (χ4n) is 2.79. The van der Waals surface area contributed by atoms with Gasteiger partial charge in [-0.25, -0.2) is 0 Å². The zero-order chi connectivity index (χ0) is 15.5. The first-order valence-corrected chi connectivity index (χ1v) is 7.61. The lowest BCUT2D eigenvalue weighted by atomic mass is 10.0. The Morgan fingerprint density at radius 3 is 2.20 bits per heavy atom. The molecule has 0 aromatic heterocycles. The summed E-state index contributed by atoms with van der Waals surface area (Å²) < 4.78 is 0. The number of hydrogen-bond acceptors (Lipinski definition) is 4. The molecule has 1 fully saturated rings. The Morgan fingerprint density at radius 1 is 1.30 bits per heavy atom. The Balaban J connectivity index is 2.60. The molecule has 1 rings (SSSR count). The van der Waals surface area contributed by atoms with Crippen LogP contribution in [0.5, 0.6) is 0 Å². The van der Waals surface area contributed by atoms with E-state index in [1.807, 2.05) is 20.8 Å². The molecule has 1 amide bonds. The van der Waals surface area contributed by atoms with E-state index in [2.05, 4.69) is 36.0 Å². The molecule has 0 bridgehead atoms. The fraction of sp³-hybridized carbons (Fsp3) is 0.933. The number of likely N-dealkylation sites (N-methyl/N-ethyl adjacent to an activating group) is 1. The molecule has 0 saturated carbocycles. The standard InChI is InChI=1S/C15H32N4O/c1-11-9-19(10-12(2)18(11)6)13(8-16)7-14(20)17-15(3,4)5/h11-13H,7-10,16H2,1-6H3,(H,17,20). The van der Waals surface area contributed by atoms with E-state index in [4.69, 9.17) is 5.73 Å². The minimum absolute atomic E-state index is 0.0900. The molecule has 1 aliphatic heterocycles. The van der Waals surface area contributed by atoms with Crippen molar-refractivity contribution in [2.45, 2.75) is 64.7 Å². The summed E-state index contributed by atoms with van der Waals surface area (Å²) in [7, 11) is 2.16. The Morgan fingerprint density at radius 2 is 1.80 bits per heavy atom. The molecule has 5 heteroatoms. The van der Waals surface area contributed by atoms with Gasteiger partial charge in [-0.15, -0.1) is 0 Å². The third kappa shape index (κ3) is 5.04. The third-order valence-corrected chi connectivity index (χ3v) is 4.11. The first-order valence-electron chi connectivity index (χ1n) is 7.61. The van der Waals surface area contributed by atoms with Crippen LogP contribution in [0.4, 0.5) is 0 Å². The molecule has 0 aliphatic carbocycles. The van der Waals surface area contributed by atoms with Crippen LogP contribution in [0.1, 0.15) is 41.0 Å². The fourth-order valence-corrected chi connectivity index (χ4v) is 2.79. The Kier molecular flexibility index (Phi) is 5.98. The molecule has 118 valence electrons. The van der Waals surface area contributed by atoms with Gasteiger partial charge in [0.2, 0.25) is 5.91 Å². The summed E-state index contributed by atoms with van der Waals surface area (Å²) in [5, 5.41) is 3.02. The molecule has 1 heterocycles. The highest BCUT2D eigenvalue weighted by Crippen LogP contribution is 2.17. The van der Waals surface area contributed by atoms with Crippen LogP contribution in [-0.2, 0) is 4.79 Å². The van der Waals surface area contributed by atoms with E-state index in [0.29, 0.717) is 25.0 Å². The number of nitrogens with two attached hydrogens (primary N) is 1. The van der Waals surface area contributed by atoms with E-state index < -0.39 is 0 Å². The van der Waals surface area contributed by atoms with E-state index in [0.717, 1.165) is 13.1 Å². The minimum Gasteiger partial charge on any atom is -0.351 e. The maximum absolute atomic E-state index is 12.1. The van der Waals surface area contributed by atoms with E-state index >= 15 is 0 Å². The summed E-state index contributed by atoms with van der Waals surface area (Å²) in [5.41, 5.74) is 5.72. The van der Waals surface area contributed by atoms with Crippen LogP contribution >= 0.6 is 0 Å². The number of carbonyl (C=O) groups excluding carboxylic acids is 1. The number of piperazine rings is 1. The first kappa shape index (κ1) is 17.4. The summed E-state index contributed by atoms with van der Waals surface area (Å²) in [4.78, 5) is 16.9. The van der Waals surface area contributed by atoms with Crippen molar-refractivity contribution in [2.24, 2.45) is 5.73 Å². The zero-order valence-corrected chi connectivity index (χ0v) is 13.9. The number of nitrogens with one attached hydrogen (secondary N) is 1. The van der Waals surface area contributed by atoms with Gasteiger partial charge in [0, 0.05) is 49.7 Å². The maximum Gasteiger partial charge on any atom is 0.222 e. The van der Waals surface area contributed by atoms with Gasteiger partial charge < -0.3 is 11.1 Å². The van der Waals surface area contributed by atoms with E-state index in [9.17, 15) is 4.79 Å². The second-order valence-electron chi connectivity index (χ2n) is 7.21. The Hall–Kier alpha value is -0.650. The second-order valence-corrected chi connectivity index (χ2v) is 7.21. The van der Waals surface area contributed by atoms with Crippen molar-refractivity contribution in [3.05, 3.63) is 0 Å². The third-order valence-electron chi connectivity index (χ3n) is 4.11. The van der Waals surface area contributed by atoms with Gasteiger partial charge in [0.05, 0.1) is 0 Å². The van der Waals surface area contributed by atoms with Crippen LogP contribution in [0.3, 0.4) is 0 Å². The maximum atomic E-state index is 12.1. The average molecular weight is 284 g/mol. The Bertz CT molecular complexity index is 314. The van der Waals surface area contributed by atoms with Crippen LogP contribution in [0.15, 0.2) is 0 Å². The highest BCUT2D eigenvalue weighted by molar-refractivity contribution is 5.77. The van der Waals surface area contributed by atoms with E-state index in [1.165, 1.54) is 0 Å². The second kappa shape index (κ2) is 6.87. The molecule has 5 nitrogen and oxygen atoms in total. The van der Waals surface area contributed by atoms with Crippen molar-refractivity contribution in [3.8, 4) is 0 Å². The monoisotopic (exact) mass is 284 g/mol. The smallest absolute Gasteiger partial charge is 0.222 e. The van der Waals surface area contributed by atoms with E-state index in [-0.39, 0.29) is 17.5 Å². The topological polar surface area (TPSA) is 61.6 Å². The number of amides is 1. The molecule has 0 aromatic carbocycles.